The summed E-state index contributed by atoms with van der Waals surface area (Å²) in [7, 11) is 0. The van der Waals surface area contributed by atoms with Crippen LogP contribution in [0.5, 0.6) is 0 Å². The smallest absolute Gasteiger partial charge is 0.123 e. The average Bonchev–Trinajstić information content (AvgIpc) is 3.29. The first kappa shape index (κ1) is 16.9. The van der Waals surface area contributed by atoms with Gasteiger partial charge in [-0.15, -0.1) is 0 Å². The standard InChI is InChI=1S/C17H25BrFNO/c1-3-9-20-16(17(21-4-2)12-5-6-12)11-13-10-14(19)7-8-15(13)18/h7-8,10,12,16-17,20H,3-6,9,11H2,1-2H3. The van der Waals surface area contributed by atoms with Gasteiger partial charge in [0.25, 0.3) is 0 Å². The summed E-state index contributed by atoms with van der Waals surface area (Å²) in [6, 6.07) is 5.15. The SMILES string of the molecule is CCCNC(Cc1cc(F)ccc1Br)C(OCC)C1CC1. The Morgan fingerprint density at radius 3 is 2.76 bits per heavy atom. The van der Waals surface area contributed by atoms with Crippen molar-refractivity contribution in [2.24, 2.45) is 5.92 Å². The molecular formula is C17H25BrFNO. The minimum absolute atomic E-state index is 0.179. The highest BCUT2D eigenvalue weighted by Crippen LogP contribution is 2.37. The minimum Gasteiger partial charge on any atom is -0.377 e. The van der Waals surface area contributed by atoms with Crippen molar-refractivity contribution in [1.82, 2.24) is 5.32 Å². The average molecular weight is 358 g/mol. The lowest BCUT2D eigenvalue weighted by molar-refractivity contribution is 0.0192. The van der Waals surface area contributed by atoms with Gasteiger partial charge in [-0.25, -0.2) is 4.39 Å². The van der Waals surface area contributed by atoms with Crippen molar-refractivity contribution in [2.75, 3.05) is 13.2 Å². The van der Waals surface area contributed by atoms with Crippen LogP contribution in [-0.2, 0) is 11.2 Å². The molecule has 2 unspecified atom stereocenters. The second-order valence-corrected chi connectivity index (χ2v) is 6.61. The third-order valence-electron chi connectivity index (χ3n) is 3.95. The summed E-state index contributed by atoms with van der Waals surface area (Å²) in [6.45, 7) is 5.91. The van der Waals surface area contributed by atoms with Crippen LogP contribution in [0.25, 0.3) is 0 Å². The molecule has 118 valence electrons. The molecule has 0 spiro atoms. The molecule has 1 aromatic carbocycles. The molecule has 2 atom stereocenters. The number of benzene rings is 1. The van der Waals surface area contributed by atoms with E-state index < -0.39 is 0 Å². The quantitative estimate of drug-likeness (QED) is 0.710. The Kier molecular flexibility index (Phi) is 6.65. The third kappa shape index (κ3) is 5.04. The van der Waals surface area contributed by atoms with Crippen LogP contribution in [0.4, 0.5) is 4.39 Å². The van der Waals surface area contributed by atoms with Crippen LogP contribution < -0.4 is 5.32 Å². The summed E-state index contributed by atoms with van der Waals surface area (Å²) in [6.07, 6.45) is 4.61. The maximum absolute atomic E-state index is 13.5. The summed E-state index contributed by atoms with van der Waals surface area (Å²) < 4.78 is 20.5. The number of halogens is 2. The van der Waals surface area contributed by atoms with E-state index in [1.54, 1.807) is 12.1 Å². The molecular weight excluding hydrogens is 333 g/mol. The summed E-state index contributed by atoms with van der Waals surface area (Å²) in [4.78, 5) is 0. The van der Waals surface area contributed by atoms with Gasteiger partial charge in [0, 0.05) is 17.1 Å². The summed E-state index contributed by atoms with van der Waals surface area (Å²) in [5.74, 6) is 0.480. The van der Waals surface area contributed by atoms with Gasteiger partial charge in [0.05, 0.1) is 6.10 Å². The van der Waals surface area contributed by atoms with Gasteiger partial charge < -0.3 is 10.1 Å². The minimum atomic E-state index is -0.179. The zero-order chi connectivity index (χ0) is 15.2. The molecule has 0 radical (unpaired) electrons. The number of nitrogens with one attached hydrogen (secondary N) is 1. The Hall–Kier alpha value is -0.450. The van der Waals surface area contributed by atoms with Crippen molar-refractivity contribution in [1.29, 1.82) is 0 Å². The van der Waals surface area contributed by atoms with E-state index in [-0.39, 0.29) is 18.0 Å². The molecule has 0 amide bonds. The zero-order valence-corrected chi connectivity index (χ0v) is 14.5. The molecule has 1 fully saturated rings. The summed E-state index contributed by atoms with van der Waals surface area (Å²) >= 11 is 3.53. The highest BCUT2D eigenvalue weighted by molar-refractivity contribution is 9.10. The van der Waals surface area contributed by atoms with Crippen molar-refractivity contribution in [3.63, 3.8) is 0 Å². The fourth-order valence-corrected chi connectivity index (χ4v) is 3.18. The van der Waals surface area contributed by atoms with Crippen molar-refractivity contribution < 1.29 is 9.13 Å². The largest absolute Gasteiger partial charge is 0.377 e. The molecule has 4 heteroatoms. The van der Waals surface area contributed by atoms with E-state index in [4.69, 9.17) is 4.74 Å². The molecule has 1 aliphatic carbocycles. The second kappa shape index (κ2) is 8.25. The first-order valence-electron chi connectivity index (χ1n) is 7.94. The molecule has 1 saturated carbocycles. The van der Waals surface area contributed by atoms with Crippen LogP contribution in [0.1, 0.15) is 38.7 Å². The second-order valence-electron chi connectivity index (χ2n) is 5.76. The first-order chi connectivity index (χ1) is 10.2. The van der Waals surface area contributed by atoms with Gasteiger partial charge >= 0.3 is 0 Å². The monoisotopic (exact) mass is 357 g/mol. The van der Waals surface area contributed by atoms with Crippen LogP contribution in [0, 0.1) is 11.7 Å². The Morgan fingerprint density at radius 1 is 1.38 bits per heavy atom. The predicted molar refractivity (Wildman–Crippen MR) is 88.0 cm³/mol. The number of hydrogen-bond donors (Lipinski definition) is 1. The van der Waals surface area contributed by atoms with Crippen LogP contribution in [-0.4, -0.2) is 25.3 Å². The molecule has 1 aromatic rings. The molecule has 0 heterocycles. The van der Waals surface area contributed by atoms with Crippen LogP contribution in [0.3, 0.4) is 0 Å². The van der Waals surface area contributed by atoms with Crippen molar-refractivity contribution in [3.05, 3.63) is 34.1 Å². The van der Waals surface area contributed by atoms with E-state index in [9.17, 15) is 4.39 Å². The topological polar surface area (TPSA) is 21.3 Å². The van der Waals surface area contributed by atoms with Gasteiger partial charge in [0.15, 0.2) is 0 Å². The summed E-state index contributed by atoms with van der Waals surface area (Å²) in [5, 5.41) is 3.60. The van der Waals surface area contributed by atoms with E-state index in [1.807, 2.05) is 6.92 Å². The Bertz CT molecular complexity index is 450. The van der Waals surface area contributed by atoms with Crippen LogP contribution >= 0.6 is 15.9 Å². The van der Waals surface area contributed by atoms with Gasteiger partial charge in [0.1, 0.15) is 5.82 Å². The van der Waals surface area contributed by atoms with E-state index in [1.165, 1.54) is 18.9 Å². The van der Waals surface area contributed by atoms with E-state index in [0.717, 1.165) is 36.0 Å². The normalized spacial score (nSPS) is 17.7. The maximum Gasteiger partial charge on any atom is 0.123 e. The van der Waals surface area contributed by atoms with Gasteiger partial charge in [-0.2, -0.15) is 0 Å². The highest BCUT2D eigenvalue weighted by atomic mass is 79.9. The Labute approximate surface area is 135 Å². The van der Waals surface area contributed by atoms with Gasteiger partial charge in [-0.3, -0.25) is 0 Å². The molecule has 2 nitrogen and oxygen atoms in total. The summed E-state index contributed by atoms with van der Waals surface area (Å²) in [5.41, 5.74) is 1.01. The fourth-order valence-electron chi connectivity index (χ4n) is 2.77. The van der Waals surface area contributed by atoms with Gasteiger partial charge in [0.2, 0.25) is 0 Å². The number of ether oxygens (including phenoxy) is 1. The lowest BCUT2D eigenvalue weighted by atomic mass is 9.97. The lowest BCUT2D eigenvalue weighted by Crippen LogP contribution is -2.44. The first-order valence-corrected chi connectivity index (χ1v) is 8.73. The predicted octanol–water partition coefficient (Wildman–Crippen LogP) is 4.31. The molecule has 21 heavy (non-hydrogen) atoms. The molecule has 1 aliphatic rings. The molecule has 2 rings (SSSR count). The van der Waals surface area contributed by atoms with Crippen molar-refractivity contribution in [2.45, 2.75) is 51.7 Å². The fraction of sp³-hybridized carbons (Fsp3) is 0.647. The molecule has 0 aliphatic heterocycles. The van der Waals surface area contributed by atoms with E-state index in [0.29, 0.717) is 5.92 Å². The molecule has 0 bridgehead atoms. The van der Waals surface area contributed by atoms with E-state index in [2.05, 4.69) is 28.2 Å². The highest BCUT2D eigenvalue weighted by Gasteiger charge is 2.37. The maximum atomic E-state index is 13.5. The Balaban J connectivity index is 2.12. The number of hydrogen-bond acceptors (Lipinski definition) is 2. The van der Waals surface area contributed by atoms with Crippen molar-refractivity contribution in [3.8, 4) is 0 Å². The lowest BCUT2D eigenvalue weighted by Gasteiger charge is -2.28. The van der Waals surface area contributed by atoms with Crippen LogP contribution in [0.15, 0.2) is 22.7 Å². The van der Waals surface area contributed by atoms with Crippen molar-refractivity contribution >= 4 is 15.9 Å². The number of rotatable bonds is 9. The Morgan fingerprint density at radius 2 is 2.14 bits per heavy atom. The molecule has 0 saturated heterocycles. The third-order valence-corrected chi connectivity index (χ3v) is 4.72. The molecule has 0 aromatic heterocycles. The van der Waals surface area contributed by atoms with Crippen LogP contribution in [0.2, 0.25) is 0 Å². The van der Waals surface area contributed by atoms with E-state index >= 15 is 0 Å². The van der Waals surface area contributed by atoms with Gasteiger partial charge in [-0.1, -0.05) is 22.9 Å². The molecule has 1 N–H and O–H groups in total. The zero-order valence-electron chi connectivity index (χ0n) is 12.9. The van der Waals surface area contributed by atoms with Gasteiger partial charge in [-0.05, 0) is 68.8 Å².